The van der Waals surface area contributed by atoms with E-state index in [1.165, 1.54) is 0 Å². The Morgan fingerprint density at radius 2 is 1.95 bits per heavy atom. The zero-order valence-corrected chi connectivity index (χ0v) is 13.9. The molecule has 1 unspecified atom stereocenters. The second kappa shape index (κ2) is 6.33. The molecule has 6 heteroatoms. The number of nitrogens with two attached hydrogens (primary N) is 1. The third-order valence-electron chi connectivity index (χ3n) is 3.24. The zero-order valence-electron chi connectivity index (χ0n) is 12.3. The molecule has 0 amide bonds. The van der Waals surface area contributed by atoms with Gasteiger partial charge in [0.2, 0.25) is 10.0 Å². The zero-order chi connectivity index (χ0) is 15.6. The van der Waals surface area contributed by atoms with Gasteiger partial charge in [-0.05, 0) is 36.1 Å². The van der Waals surface area contributed by atoms with Crippen LogP contribution < -0.4 is 9.88 Å². The van der Waals surface area contributed by atoms with E-state index in [1.54, 1.807) is 12.1 Å². The average Bonchev–Trinajstić information content (AvgIpc) is 2.23. The van der Waals surface area contributed by atoms with Gasteiger partial charge in [-0.1, -0.05) is 32.4 Å². The number of hydrogen-bond donors (Lipinski definition) is 1. The van der Waals surface area contributed by atoms with Crippen LogP contribution in [0.1, 0.15) is 26.3 Å². The van der Waals surface area contributed by atoms with Crippen molar-refractivity contribution in [3.63, 3.8) is 0 Å². The molecule has 0 spiro atoms. The lowest BCUT2D eigenvalue weighted by Crippen LogP contribution is -2.35. The summed E-state index contributed by atoms with van der Waals surface area (Å²) in [5.41, 5.74) is 0.702. The van der Waals surface area contributed by atoms with E-state index < -0.39 is 10.0 Å². The highest BCUT2D eigenvalue weighted by Crippen LogP contribution is 2.29. The number of primary sulfonamides is 1. The number of aryl methyl sites for hydroxylation is 1. The molecule has 1 aromatic carbocycles. The van der Waals surface area contributed by atoms with Gasteiger partial charge >= 0.3 is 0 Å². The Balaban J connectivity index is 2.81. The van der Waals surface area contributed by atoms with E-state index in [-0.39, 0.29) is 17.1 Å². The summed E-state index contributed by atoms with van der Waals surface area (Å²) < 4.78 is 28.4. The van der Waals surface area contributed by atoms with E-state index in [1.807, 2.05) is 33.8 Å². The Bertz CT molecular complexity index is 564. The molecule has 0 aliphatic rings. The minimum atomic E-state index is -3.53. The van der Waals surface area contributed by atoms with E-state index in [2.05, 4.69) is 0 Å². The Labute approximate surface area is 126 Å². The van der Waals surface area contributed by atoms with Crippen molar-refractivity contribution in [2.75, 3.05) is 12.4 Å². The van der Waals surface area contributed by atoms with E-state index in [4.69, 9.17) is 21.5 Å². The molecule has 0 aliphatic heterocycles. The van der Waals surface area contributed by atoms with E-state index in [9.17, 15) is 8.42 Å². The summed E-state index contributed by atoms with van der Waals surface area (Å²) in [7, 11) is -3.53. The summed E-state index contributed by atoms with van der Waals surface area (Å²) in [5, 5.41) is 5.80. The van der Waals surface area contributed by atoms with Crippen molar-refractivity contribution in [2.24, 2.45) is 16.5 Å². The Kier molecular flexibility index (Phi) is 5.46. The van der Waals surface area contributed by atoms with Gasteiger partial charge in [0, 0.05) is 10.9 Å². The van der Waals surface area contributed by atoms with Gasteiger partial charge in [-0.3, -0.25) is 0 Å². The number of ether oxygens (including phenoxy) is 1. The fraction of sp³-hybridized carbons (Fsp3) is 0.571. The van der Waals surface area contributed by atoms with Crippen LogP contribution in [0.15, 0.2) is 18.2 Å². The van der Waals surface area contributed by atoms with Crippen molar-refractivity contribution >= 4 is 21.6 Å². The summed E-state index contributed by atoms with van der Waals surface area (Å²) in [6, 6.07) is 5.34. The maximum absolute atomic E-state index is 11.3. The maximum atomic E-state index is 11.3. The quantitative estimate of drug-likeness (QED) is 0.907. The average molecular weight is 320 g/mol. The van der Waals surface area contributed by atoms with Crippen molar-refractivity contribution in [2.45, 2.75) is 27.7 Å². The van der Waals surface area contributed by atoms with Gasteiger partial charge < -0.3 is 4.74 Å². The highest BCUT2D eigenvalue weighted by atomic mass is 35.5. The highest BCUT2D eigenvalue weighted by Gasteiger charge is 2.29. The molecule has 1 atom stereocenters. The SMILES string of the molecule is Cc1cc(Cl)ccc1OCC(CS(N)(=O)=O)C(C)(C)C. The number of sulfonamides is 1. The molecular formula is C14H22ClNO3S. The van der Waals surface area contributed by atoms with E-state index in [0.29, 0.717) is 17.4 Å². The molecular weight excluding hydrogens is 298 g/mol. The first-order chi connectivity index (χ1) is 8.99. The summed E-state index contributed by atoms with van der Waals surface area (Å²) >= 11 is 5.89. The second-order valence-electron chi connectivity index (χ2n) is 6.11. The number of benzene rings is 1. The fourth-order valence-electron chi connectivity index (χ4n) is 1.79. The van der Waals surface area contributed by atoms with Crippen LogP contribution >= 0.6 is 11.6 Å². The van der Waals surface area contributed by atoms with Crippen LogP contribution in [0.4, 0.5) is 0 Å². The fourth-order valence-corrected chi connectivity index (χ4v) is 3.18. The lowest BCUT2D eigenvalue weighted by Gasteiger charge is -2.30. The molecule has 0 radical (unpaired) electrons. The predicted octanol–water partition coefficient (Wildman–Crippen LogP) is 2.98. The monoisotopic (exact) mass is 319 g/mol. The standard InChI is InChI=1S/C14H22ClNO3S/c1-10-7-12(15)5-6-13(10)19-8-11(14(2,3)4)9-20(16,17)18/h5-7,11H,8-9H2,1-4H3,(H2,16,17,18). The molecule has 0 bridgehead atoms. The molecule has 114 valence electrons. The molecule has 1 rings (SSSR count). The molecule has 0 aromatic heterocycles. The van der Waals surface area contributed by atoms with Crippen molar-refractivity contribution in [1.82, 2.24) is 0 Å². The third kappa shape index (κ3) is 5.69. The third-order valence-corrected chi connectivity index (χ3v) is 4.34. The molecule has 0 aliphatic carbocycles. The minimum absolute atomic E-state index is 0.0941. The molecule has 0 heterocycles. The van der Waals surface area contributed by atoms with Gasteiger partial charge in [0.15, 0.2) is 0 Å². The molecule has 0 saturated heterocycles. The van der Waals surface area contributed by atoms with Crippen LogP contribution in [0.2, 0.25) is 5.02 Å². The molecule has 20 heavy (non-hydrogen) atoms. The summed E-state index contributed by atoms with van der Waals surface area (Å²) in [5.74, 6) is 0.425. The molecule has 2 N–H and O–H groups in total. The van der Waals surface area contributed by atoms with Crippen LogP contribution in [-0.2, 0) is 10.0 Å². The van der Waals surface area contributed by atoms with Gasteiger partial charge in [0.05, 0.1) is 12.4 Å². The van der Waals surface area contributed by atoms with Crippen LogP contribution in [0.5, 0.6) is 5.75 Å². The van der Waals surface area contributed by atoms with Gasteiger partial charge in [0.1, 0.15) is 5.75 Å². The first-order valence-corrected chi connectivity index (χ1v) is 8.48. The van der Waals surface area contributed by atoms with Crippen molar-refractivity contribution in [1.29, 1.82) is 0 Å². The first kappa shape index (κ1) is 17.3. The summed E-state index contributed by atoms with van der Waals surface area (Å²) in [4.78, 5) is 0. The lowest BCUT2D eigenvalue weighted by molar-refractivity contribution is 0.162. The Hall–Kier alpha value is -0.780. The lowest BCUT2D eigenvalue weighted by atomic mass is 9.82. The van der Waals surface area contributed by atoms with Crippen molar-refractivity contribution in [3.05, 3.63) is 28.8 Å². The van der Waals surface area contributed by atoms with Crippen LogP contribution in [0.25, 0.3) is 0 Å². The first-order valence-electron chi connectivity index (χ1n) is 6.38. The maximum Gasteiger partial charge on any atom is 0.209 e. The molecule has 0 saturated carbocycles. The van der Waals surface area contributed by atoms with Gasteiger partial charge in [-0.15, -0.1) is 0 Å². The predicted molar refractivity (Wildman–Crippen MR) is 82.6 cm³/mol. The Morgan fingerprint density at radius 3 is 2.40 bits per heavy atom. The largest absolute Gasteiger partial charge is 0.493 e. The number of rotatable bonds is 5. The smallest absolute Gasteiger partial charge is 0.209 e. The number of halogens is 1. The van der Waals surface area contributed by atoms with Crippen molar-refractivity contribution in [3.8, 4) is 5.75 Å². The Morgan fingerprint density at radius 1 is 1.35 bits per heavy atom. The van der Waals surface area contributed by atoms with Gasteiger partial charge in [-0.2, -0.15) is 0 Å². The summed E-state index contributed by atoms with van der Waals surface area (Å²) in [6.45, 7) is 8.11. The van der Waals surface area contributed by atoms with E-state index >= 15 is 0 Å². The molecule has 0 fully saturated rings. The van der Waals surface area contributed by atoms with E-state index in [0.717, 1.165) is 5.56 Å². The highest BCUT2D eigenvalue weighted by molar-refractivity contribution is 7.89. The minimum Gasteiger partial charge on any atom is -0.493 e. The van der Waals surface area contributed by atoms with Crippen LogP contribution in [-0.4, -0.2) is 20.8 Å². The summed E-state index contributed by atoms with van der Waals surface area (Å²) in [6.07, 6.45) is 0. The second-order valence-corrected chi connectivity index (χ2v) is 8.21. The van der Waals surface area contributed by atoms with Crippen LogP contribution in [0.3, 0.4) is 0 Å². The van der Waals surface area contributed by atoms with Gasteiger partial charge in [-0.25, -0.2) is 13.6 Å². The number of hydrogen-bond acceptors (Lipinski definition) is 3. The van der Waals surface area contributed by atoms with Crippen LogP contribution in [0, 0.1) is 18.3 Å². The molecule has 4 nitrogen and oxygen atoms in total. The van der Waals surface area contributed by atoms with Gasteiger partial charge in [0.25, 0.3) is 0 Å². The molecule has 1 aromatic rings. The topological polar surface area (TPSA) is 69.4 Å². The normalized spacial score (nSPS) is 14.1. The van der Waals surface area contributed by atoms with Crippen molar-refractivity contribution < 1.29 is 13.2 Å².